The van der Waals surface area contributed by atoms with Crippen LogP contribution in [0.3, 0.4) is 0 Å². The van der Waals surface area contributed by atoms with Gasteiger partial charge in [-0.05, 0) is 43.3 Å². The molecule has 1 aromatic heterocycles. The molecule has 2 rings (SSSR count). The Morgan fingerprint density at radius 2 is 2.00 bits per heavy atom. The first-order chi connectivity index (χ1) is 8.15. The lowest BCUT2D eigenvalue weighted by Gasteiger charge is -2.30. The quantitative estimate of drug-likeness (QED) is 0.900. The molecule has 0 saturated heterocycles. The number of thiophene rings is 1. The summed E-state index contributed by atoms with van der Waals surface area (Å²) < 4.78 is 1.35. The van der Waals surface area contributed by atoms with Gasteiger partial charge in [0.2, 0.25) is 0 Å². The molecule has 0 aliphatic rings. The van der Waals surface area contributed by atoms with Gasteiger partial charge < -0.3 is 5.73 Å². The minimum absolute atomic E-state index is 0.311. The zero-order valence-electron chi connectivity index (χ0n) is 10.7. The van der Waals surface area contributed by atoms with E-state index in [1.807, 2.05) is 0 Å². The number of benzene rings is 1. The molecule has 0 radical (unpaired) electrons. The monoisotopic (exact) mass is 248 g/mol. The first kappa shape index (κ1) is 12.6. The fourth-order valence-corrected chi connectivity index (χ4v) is 3.14. The average Bonchev–Trinajstić information content (AvgIpc) is 2.74. The molecule has 92 valence electrons. The second-order valence-corrected chi connectivity index (χ2v) is 5.61. The second-order valence-electron chi connectivity index (χ2n) is 4.70. The van der Waals surface area contributed by atoms with Crippen LogP contribution in [0.15, 0.2) is 29.6 Å². The van der Waals surface area contributed by atoms with Crippen LogP contribution in [-0.2, 0) is 0 Å². The van der Waals surface area contributed by atoms with Gasteiger partial charge in [0.15, 0.2) is 0 Å². The topological polar surface area (TPSA) is 29.3 Å². The molecule has 0 aliphatic carbocycles. The van der Waals surface area contributed by atoms with E-state index in [4.69, 9.17) is 5.73 Å². The highest BCUT2D eigenvalue weighted by molar-refractivity contribution is 7.17. The highest BCUT2D eigenvalue weighted by Gasteiger charge is 2.20. The van der Waals surface area contributed by atoms with Crippen LogP contribution in [0.5, 0.6) is 0 Å². The Morgan fingerprint density at radius 1 is 1.29 bits per heavy atom. The normalized spacial score (nSPS) is 13.8. The van der Waals surface area contributed by atoms with Crippen LogP contribution < -0.4 is 5.73 Å². The number of rotatable bonds is 4. The van der Waals surface area contributed by atoms with Gasteiger partial charge >= 0.3 is 0 Å². The van der Waals surface area contributed by atoms with Gasteiger partial charge in [0.25, 0.3) is 0 Å². The summed E-state index contributed by atoms with van der Waals surface area (Å²) >= 11 is 1.80. The predicted octanol–water partition coefficient (Wildman–Crippen LogP) is 3.24. The number of hydrogen-bond donors (Lipinski definition) is 1. The van der Waals surface area contributed by atoms with Gasteiger partial charge in [0, 0.05) is 23.3 Å². The Balaban J connectivity index is 2.43. The average molecular weight is 248 g/mol. The van der Waals surface area contributed by atoms with E-state index in [0.29, 0.717) is 18.6 Å². The lowest BCUT2D eigenvalue weighted by molar-refractivity contribution is 0.202. The molecule has 17 heavy (non-hydrogen) atoms. The minimum Gasteiger partial charge on any atom is -0.329 e. The number of likely N-dealkylation sites (N-methyl/N-ethyl adjacent to an activating group) is 1. The molecule has 1 atom stereocenters. The summed E-state index contributed by atoms with van der Waals surface area (Å²) in [6, 6.07) is 9.37. The van der Waals surface area contributed by atoms with Crippen LogP contribution in [0.25, 0.3) is 10.1 Å². The Labute approximate surface area is 107 Å². The van der Waals surface area contributed by atoms with Gasteiger partial charge in [-0.15, -0.1) is 11.3 Å². The SMILES string of the molecule is CC(C)N(C)C(CN)c1csc2ccccc12. The second kappa shape index (κ2) is 5.17. The van der Waals surface area contributed by atoms with E-state index >= 15 is 0 Å². The number of fused-ring (bicyclic) bond motifs is 1. The van der Waals surface area contributed by atoms with Crippen LogP contribution in [0, 0.1) is 0 Å². The van der Waals surface area contributed by atoms with Gasteiger partial charge in [-0.25, -0.2) is 0 Å². The van der Waals surface area contributed by atoms with E-state index in [-0.39, 0.29) is 0 Å². The van der Waals surface area contributed by atoms with E-state index < -0.39 is 0 Å². The molecule has 3 heteroatoms. The van der Waals surface area contributed by atoms with E-state index in [1.165, 1.54) is 15.6 Å². The maximum absolute atomic E-state index is 5.96. The molecule has 0 bridgehead atoms. The zero-order valence-corrected chi connectivity index (χ0v) is 11.5. The van der Waals surface area contributed by atoms with Crippen molar-refractivity contribution in [1.82, 2.24) is 4.90 Å². The number of nitrogens with zero attached hydrogens (tertiary/aromatic N) is 1. The molecule has 0 aliphatic heterocycles. The summed E-state index contributed by atoms with van der Waals surface area (Å²) in [4.78, 5) is 2.34. The van der Waals surface area contributed by atoms with Crippen molar-refractivity contribution < 1.29 is 0 Å². The summed E-state index contributed by atoms with van der Waals surface area (Å²) in [5, 5.41) is 3.60. The summed E-state index contributed by atoms with van der Waals surface area (Å²) in [6.45, 7) is 5.07. The molecule has 0 saturated carbocycles. The highest BCUT2D eigenvalue weighted by atomic mass is 32.1. The van der Waals surface area contributed by atoms with Crippen molar-refractivity contribution in [3.63, 3.8) is 0 Å². The standard InChI is InChI=1S/C14H20N2S/c1-10(2)16(3)13(8-15)12-9-17-14-7-5-4-6-11(12)14/h4-7,9-10,13H,8,15H2,1-3H3. The highest BCUT2D eigenvalue weighted by Crippen LogP contribution is 2.32. The Morgan fingerprint density at radius 3 is 2.65 bits per heavy atom. The van der Waals surface area contributed by atoms with Crippen molar-refractivity contribution in [3.8, 4) is 0 Å². The third-order valence-electron chi connectivity index (χ3n) is 3.40. The lowest BCUT2D eigenvalue weighted by Crippen LogP contribution is -2.35. The third-order valence-corrected chi connectivity index (χ3v) is 4.38. The molecule has 1 unspecified atom stereocenters. The fourth-order valence-electron chi connectivity index (χ4n) is 2.13. The molecule has 1 heterocycles. The molecule has 0 spiro atoms. The minimum atomic E-state index is 0.311. The van der Waals surface area contributed by atoms with E-state index in [0.717, 1.165) is 0 Å². The fraction of sp³-hybridized carbons (Fsp3) is 0.429. The van der Waals surface area contributed by atoms with Crippen molar-refractivity contribution in [2.24, 2.45) is 5.73 Å². The first-order valence-corrected chi connectivity index (χ1v) is 6.91. The molecule has 0 fully saturated rings. The van der Waals surface area contributed by atoms with Crippen molar-refractivity contribution in [1.29, 1.82) is 0 Å². The molecule has 2 nitrogen and oxygen atoms in total. The maximum Gasteiger partial charge on any atom is 0.0484 e. The molecule has 1 aromatic carbocycles. The van der Waals surface area contributed by atoms with Crippen LogP contribution in [-0.4, -0.2) is 24.5 Å². The van der Waals surface area contributed by atoms with Crippen LogP contribution in [0.2, 0.25) is 0 Å². The summed E-state index contributed by atoms with van der Waals surface area (Å²) in [5.74, 6) is 0. The van der Waals surface area contributed by atoms with Gasteiger partial charge in [0.1, 0.15) is 0 Å². The Kier molecular flexibility index (Phi) is 3.82. The summed E-state index contributed by atoms with van der Waals surface area (Å²) in [5.41, 5.74) is 7.32. The van der Waals surface area contributed by atoms with Crippen molar-refractivity contribution in [2.45, 2.75) is 25.9 Å². The zero-order chi connectivity index (χ0) is 12.4. The van der Waals surface area contributed by atoms with Gasteiger partial charge in [-0.3, -0.25) is 4.90 Å². The summed E-state index contributed by atoms with van der Waals surface area (Å²) in [7, 11) is 2.15. The first-order valence-electron chi connectivity index (χ1n) is 6.03. The van der Waals surface area contributed by atoms with Crippen LogP contribution >= 0.6 is 11.3 Å². The third kappa shape index (κ3) is 2.37. The molecular formula is C14H20N2S. The van der Waals surface area contributed by atoms with Crippen LogP contribution in [0.1, 0.15) is 25.5 Å². The Hall–Kier alpha value is -0.900. The van der Waals surface area contributed by atoms with Crippen molar-refractivity contribution in [2.75, 3.05) is 13.6 Å². The lowest BCUT2D eigenvalue weighted by atomic mass is 10.0. The number of hydrogen-bond acceptors (Lipinski definition) is 3. The van der Waals surface area contributed by atoms with Crippen molar-refractivity contribution in [3.05, 3.63) is 35.2 Å². The number of nitrogens with two attached hydrogens (primary N) is 1. The van der Waals surface area contributed by atoms with E-state index in [2.05, 4.69) is 55.4 Å². The van der Waals surface area contributed by atoms with E-state index in [1.54, 1.807) is 11.3 Å². The van der Waals surface area contributed by atoms with Gasteiger partial charge in [0.05, 0.1) is 0 Å². The molecule has 2 aromatic rings. The smallest absolute Gasteiger partial charge is 0.0484 e. The van der Waals surface area contributed by atoms with Gasteiger partial charge in [-0.1, -0.05) is 18.2 Å². The maximum atomic E-state index is 5.96. The van der Waals surface area contributed by atoms with Gasteiger partial charge in [-0.2, -0.15) is 0 Å². The molecule has 0 amide bonds. The van der Waals surface area contributed by atoms with Crippen molar-refractivity contribution >= 4 is 21.4 Å². The predicted molar refractivity (Wildman–Crippen MR) is 76.5 cm³/mol. The molecular weight excluding hydrogens is 228 g/mol. The van der Waals surface area contributed by atoms with E-state index in [9.17, 15) is 0 Å². The largest absolute Gasteiger partial charge is 0.329 e. The molecule has 2 N–H and O–H groups in total. The van der Waals surface area contributed by atoms with Crippen LogP contribution in [0.4, 0.5) is 0 Å². The Bertz CT molecular complexity index is 490. The summed E-state index contributed by atoms with van der Waals surface area (Å²) in [6.07, 6.45) is 0.